The Morgan fingerprint density at radius 3 is 2.13 bits per heavy atom. The SMILES string of the molecule is CCCCc1ccc(N=Nc2ccc(OC(=O)c3ccc4c(c3)C(=O)c3ccccc3C4=O)cc2C)cc1. The Kier molecular flexibility index (Phi) is 7.05. The molecule has 0 radical (unpaired) electrons. The topological polar surface area (TPSA) is 85.2 Å². The maximum Gasteiger partial charge on any atom is 0.343 e. The van der Waals surface area contributed by atoms with Gasteiger partial charge in [-0.25, -0.2) is 4.79 Å². The number of carbonyl (C=O) groups excluding carboxylic acids is 3. The zero-order chi connectivity index (χ0) is 26.6. The first-order chi connectivity index (χ1) is 18.4. The second kappa shape index (κ2) is 10.7. The number of benzene rings is 4. The molecule has 0 unspecified atom stereocenters. The minimum Gasteiger partial charge on any atom is -0.423 e. The molecule has 0 spiro atoms. The molecule has 6 heteroatoms. The third-order valence-corrected chi connectivity index (χ3v) is 6.57. The molecule has 5 rings (SSSR count). The molecule has 0 saturated heterocycles. The lowest BCUT2D eigenvalue weighted by Gasteiger charge is -2.17. The Labute approximate surface area is 221 Å². The van der Waals surface area contributed by atoms with Gasteiger partial charge in [-0.05, 0) is 79.4 Å². The van der Waals surface area contributed by atoms with Crippen LogP contribution in [0.25, 0.3) is 0 Å². The van der Waals surface area contributed by atoms with Crippen LogP contribution in [0.2, 0.25) is 0 Å². The van der Waals surface area contributed by atoms with Gasteiger partial charge in [0, 0.05) is 22.3 Å². The van der Waals surface area contributed by atoms with Gasteiger partial charge in [0.15, 0.2) is 11.6 Å². The van der Waals surface area contributed by atoms with E-state index in [0.29, 0.717) is 22.6 Å². The van der Waals surface area contributed by atoms with Crippen LogP contribution in [0.1, 0.15) is 73.1 Å². The molecule has 188 valence electrons. The summed E-state index contributed by atoms with van der Waals surface area (Å²) in [5.41, 5.74) is 4.89. The molecule has 0 amide bonds. The molecule has 0 atom stereocenters. The van der Waals surface area contributed by atoms with Crippen LogP contribution in [0.3, 0.4) is 0 Å². The molecule has 0 aromatic heterocycles. The first-order valence-corrected chi connectivity index (χ1v) is 12.6. The number of rotatable bonds is 7. The van der Waals surface area contributed by atoms with Gasteiger partial charge >= 0.3 is 5.97 Å². The smallest absolute Gasteiger partial charge is 0.343 e. The van der Waals surface area contributed by atoms with Gasteiger partial charge in [0.05, 0.1) is 16.9 Å². The predicted octanol–water partition coefficient (Wildman–Crippen LogP) is 7.75. The van der Waals surface area contributed by atoms with Gasteiger partial charge in [-0.15, -0.1) is 0 Å². The summed E-state index contributed by atoms with van der Waals surface area (Å²) in [6.45, 7) is 4.04. The largest absolute Gasteiger partial charge is 0.423 e. The van der Waals surface area contributed by atoms with Crippen LogP contribution in [0.4, 0.5) is 11.4 Å². The highest BCUT2D eigenvalue weighted by molar-refractivity contribution is 6.28. The molecule has 0 fully saturated rings. The van der Waals surface area contributed by atoms with Crippen molar-refractivity contribution in [2.24, 2.45) is 10.2 Å². The maximum atomic E-state index is 13.0. The van der Waals surface area contributed by atoms with Crippen molar-refractivity contribution in [1.82, 2.24) is 0 Å². The number of nitrogens with zero attached hydrogens (tertiary/aromatic N) is 2. The highest BCUT2D eigenvalue weighted by Crippen LogP contribution is 2.29. The first-order valence-electron chi connectivity index (χ1n) is 12.6. The Bertz CT molecular complexity index is 1590. The van der Waals surface area contributed by atoms with Crippen LogP contribution in [-0.2, 0) is 6.42 Å². The quantitative estimate of drug-likeness (QED) is 0.129. The zero-order valence-corrected chi connectivity index (χ0v) is 21.2. The summed E-state index contributed by atoms with van der Waals surface area (Å²) in [4.78, 5) is 38.6. The van der Waals surface area contributed by atoms with Crippen LogP contribution in [0.5, 0.6) is 5.75 Å². The average Bonchev–Trinajstić information content (AvgIpc) is 2.94. The molecular formula is C32H26N2O4. The van der Waals surface area contributed by atoms with Crippen molar-refractivity contribution in [3.63, 3.8) is 0 Å². The van der Waals surface area contributed by atoms with E-state index in [0.717, 1.165) is 30.5 Å². The fourth-order valence-electron chi connectivity index (χ4n) is 4.42. The Hall–Kier alpha value is -4.71. The van der Waals surface area contributed by atoms with Gasteiger partial charge < -0.3 is 4.74 Å². The van der Waals surface area contributed by atoms with Crippen molar-refractivity contribution in [3.05, 3.63) is 124 Å². The number of hydrogen-bond acceptors (Lipinski definition) is 6. The molecule has 0 N–H and O–H groups in total. The van der Waals surface area contributed by atoms with Gasteiger partial charge in [0.1, 0.15) is 5.75 Å². The summed E-state index contributed by atoms with van der Waals surface area (Å²) in [5.74, 6) is -0.796. The average molecular weight is 503 g/mol. The minimum atomic E-state index is -0.621. The van der Waals surface area contributed by atoms with Crippen molar-refractivity contribution in [3.8, 4) is 5.75 Å². The summed E-state index contributed by atoms with van der Waals surface area (Å²) < 4.78 is 5.56. The number of unbranched alkanes of at least 4 members (excludes halogenated alkanes) is 1. The van der Waals surface area contributed by atoms with Gasteiger partial charge in [0.25, 0.3) is 0 Å². The predicted molar refractivity (Wildman–Crippen MR) is 145 cm³/mol. The molecule has 4 aromatic rings. The standard InChI is InChI=1S/C32H26N2O4/c1-3-4-7-21-10-13-23(14-11-21)33-34-29-17-15-24(18-20(29)2)38-32(37)22-12-16-27-28(19-22)31(36)26-9-6-5-8-25(26)30(27)35/h5-6,8-19H,3-4,7H2,1-2H3. The lowest BCUT2D eigenvalue weighted by molar-refractivity contribution is 0.0734. The Morgan fingerprint density at radius 1 is 0.763 bits per heavy atom. The van der Waals surface area contributed by atoms with Gasteiger partial charge in [-0.3, -0.25) is 9.59 Å². The highest BCUT2D eigenvalue weighted by atomic mass is 16.5. The van der Waals surface area contributed by atoms with E-state index < -0.39 is 5.97 Å². The highest BCUT2D eigenvalue weighted by Gasteiger charge is 2.30. The van der Waals surface area contributed by atoms with Crippen molar-refractivity contribution >= 4 is 28.9 Å². The lowest BCUT2D eigenvalue weighted by atomic mass is 9.83. The van der Waals surface area contributed by atoms with E-state index in [1.165, 1.54) is 23.8 Å². The molecule has 0 aliphatic heterocycles. The van der Waals surface area contributed by atoms with Crippen LogP contribution in [0.15, 0.2) is 95.2 Å². The first kappa shape index (κ1) is 25.0. The Morgan fingerprint density at radius 2 is 1.45 bits per heavy atom. The Balaban J connectivity index is 1.29. The minimum absolute atomic E-state index is 0.188. The van der Waals surface area contributed by atoms with Crippen molar-refractivity contribution in [2.75, 3.05) is 0 Å². The van der Waals surface area contributed by atoms with Crippen molar-refractivity contribution < 1.29 is 19.1 Å². The number of fused-ring (bicyclic) bond motifs is 2. The molecule has 4 aromatic carbocycles. The van der Waals surface area contributed by atoms with Crippen LogP contribution >= 0.6 is 0 Å². The molecular weight excluding hydrogens is 476 g/mol. The second-order valence-corrected chi connectivity index (χ2v) is 9.27. The van der Waals surface area contributed by atoms with E-state index in [2.05, 4.69) is 29.3 Å². The summed E-state index contributed by atoms with van der Waals surface area (Å²) in [6.07, 6.45) is 3.38. The summed E-state index contributed by atoms with van der Waals surface area (Å²) in [5, 5.41) is 8.67. The second-order valence-electron chi connectivity index (χ2n) is 9.27. The van der Waals surface area contributed by atoms with Crippen molar-refractivity contribution in [2.45, 2.75) is 33.1 Å². The van der Waals surface area contributed by atoms with E-state index in [-0.39, 0.29) is 28.3 Å². The number of ether oxygens (including phenoxy) is 1. The lowest BCUT2D eigenvalue weighted by Crippen LogP contribution is -2.21. The number of carbonyl (C=O) groups is 3. The number of hydrogen-bond donors (Lipinski definition) is 0. The number of esters is 1. The number of ketones is 2. The van der Waals surface area contributed by atoms with E-state index in [1.54, 1.807) is 42.5 Å². The van der Waals surface area contributed by atoms with E-state index >= 15 is 0 Å². The van der Waals surface area contributed by atoms with Crippen LogP contribution in [0, 0.1) is 6.92 Å². The number of aryl methyl sites for hydroxylation is 2. The maximum absolute atomic E-state index is 13.0. The molecule has 0 heterocycles. The fourth-order valence-corrected chi connectivity index (χ4v) is 4.42. The van der Waals surface area contributed by atoms with E-state index in [4.69, 9.17) is 4.74 Å². The zero-order valence-electron chi connectivity index (χ0n) is 21.2. The third-order valence-electron chi connectivity index (χ3n) is 6.57. The van der Waals surface area contributed by atoms with E-state index in [9.17, 15) is 14.4 Å². The van der Waals surface area contributed by atoms with E-state index in [1.807, 2.05) is 19.1 Å². The number of azo groups is 1. The third kappa shape index (κ3) is 5.06. The van der Waals surface area contributed by atoms with Gasteiger partial charge in [-0.1, -0.05) is 49.7 Å². The van der Waals surface area contributed by atoms with Crippen LogP contribution < -0.4 is 4.74 Å². The van der Waals surface area contributed by atoms with Gasteiger partial charge in [0.2, 0.25) is 0 Å². The summed E-state index contributed by atoms with van der Waals surface area (Å²) in [7, 11) is 0. The molecule has 0 saturated carbocycles. The normalized spacial score (nSPS) is 12.4. The summed E-state index contributed by atoms with van der Waals surface area (Å²) >= 11 is 0. The van der Waals surface area contributed by atoms with Gasteiger partial charge in [-0.2, -0.15) is 10.2 Å². The monoisotopic (exact) mass is 502 g/mol. The van der Waals surface area contributed by atoms with Crippen LogP contribution in [-0.4, -0.2) is 17.5 Å². The molecule has 1 aliphatic rings. The molecule has 38 heavy (non-hydrogen) atoms. The molecule has 0 bridgehead atoms. The van der Waals surface area contributed by atoms with Crippen molar-refractivity contribution in [1.29, 1.82) is 0 Å². The fraction of sp³-hybridized carbons (Fsp3) is 0.156. The summed E-state index contributed by atoms with van der Waals surface area (Å²) in [6, 6.07) is 24.3. The molecule has 6 nitrogen and oxygen atoms in total. The molecule has 1 aliphatic carbocycles.